The van der Waals surface area contributed by atoms with E-state index in [4.69, 9.17) is 4.74 Å². The summed E-state index contributed by atoms with van der Waals surface area (Å²) in [5.41, 5.74) is 4.31. The van der Waals surface area contributed by atoms with E-state index in [0.717, 1.165) is 33.1 Å². The molecule has 2 aromatic rings. The normalized spacial score (nSPS) is 12.5. The molecule has 23 heavy (non-hydrogen) atoms. The first-order chi connectivity index (χ1) is 11.1. The fraction of sp³-hybridized carbons (Fsp3) is 0.211. The minimum absolute atomic E-state index is 0.224. The summed E-state index contributed by atoms with van der Waals surface area (Å²) in [6, 6.07) is 16.0. The average molecular weight is 309 g/mol. The number of amides is 1. The van der Waals surface area contributed by atoms with Crippen LogP contribution in [0.3, 0.4) is 0 Å². The second-order valence-corrected chi connectivity index (χ2v) is 5.65. The van der Waals surface area contributed by atoms with Crippen LogP contribution in [-0.2, 0) is 17.8 Å². The second kappa shape index (κ2) is 6.67. The molecule has 0 bridgehead atoms. The lowest BCUT2D eigenvalue weighted by molar-refractivity contribution is -0.160. The van der Waals surface area contributed by atoms with Crippen molar-refractivity contribution >= 4 is 12.0 Å². The predicted octanol–water partition coefficient (Wildman–Crippen LogP) is 3.44. The first kappa shape index (κ1) is 15.3. The highest BCUT2D eigenvalue weighted by Gasteiger charge is 2.19. The van der Waals surface area contributed by atoms with E-state index < -0.39 is 0 Å². The third-order valence-corrected chi connectivity index (χ3v) is 3.89. The molecular weight excluding hydrogens is 290 g/mol. The number of hydroxylamine groups is 2. The summed E-state index contributed by atoms with van der Waals surface area (Å²) >= 11 is 0. The van der Waals surface area contributed by atoms with Gasteiger partial charge in [0, 0.05) is 12.5 Å². The van der Waals surface area contributed by atoms with E-state index in [-0.39, 0.29) is 12.5 Å². The van der Waals surface area contributed by atoms with Crippen molar-refractivity contribution in [1.82, 2.24) is 5.06 Å². The number of nitrogens with zero attached hydrogens (tertiary/aromatic N) is 1. The fourth-order valence-electron chi connectivity index (χ4n) is 2.68. The van der Waals surface area contributed by atoms with E-state index in [1.54, 1.807) is 0 Å². The molecule has 3 rings (SSSR count). The summed E-state index contributed by atoms with van der Waals surface area (Å²) in [5.74, 6) is 0.493. The Morgan fingerprint density at radius 3 is 2.70 bits per heavy atom. The molecule has 1 aliphatic carbocycles. The molecule has 0 spiro atoms. The number of carbonyl (C=O) groups is 1. The Morgan fingerprint density at radius 1 is 1.17 bits per heavy atom. The number of benzene rings is 2. The molecule has 4 heteroatoms. The summed E-state index contributed by atoms with van der Waals surface area (Å²) in [5, 5.41) is 10.3. The monoisotopic (exact) mass is 309 g/mol. The Kier molecular flexibility index (Phi) is 4.44. The summed E-state index contributed by atoms with van der Waals surface area (Å²) in [6.45, 7) is 2.09. The Labute approximate surface area is 135 Å². The van der Waals surface area contributed by atoms with Gasteiger partial charge in [-0.15, -0.1) is 0 Å². The van der Waals surface area contributed by atoms with Gasteiger partial charge in [-0.1, -0.05) is 48.5 Å². The highest BCUT2D eigenvalue weighted by atomic mass is 16.5. The Bertz CT molecular complexity index is 738. The second-order valence-electron chi connectivity index (χ2n) is 5.65. The molecule has 1 amide bonds. The van der Waals surface area contributed by atoms with Crippen molar-refractivity contribution in [2.45, 2.75) is 20.0 Å². The summed E-state index contributed by atoms with van der Waals surface area (Å²) in [7, 11) is 0. The highest BCUT2D eigenvalue weighted by molar-refractivity contribution is 5.73. The first-order valence-electron chi connectivity index (χ1n) is 7.58. The maximum absolute atomic E-state index is 11.2. The highest BCUT2D eigenvalue weighted by Crippen LogP contribution is 2.33. The molecule has 0 saturated heterocycles. The van der Waals surface area contributed by atoms with Crippen LogP contribution in [0.15, 0.2) is 54.1 Å². The quantitative estimate of drug-likeness (QED) is 0.680. The van der Waals surface area contributed by atoms with Crippen LogP contribution in [-0.4, -0.2) is 22.7 Å². The van der Waals surface area contributed by atoms with E-state index in [9.17, 15) is 10.0 Å². The summed E-state index contributed by atoms with van der Waals surface area (Å²) < 4.78 is 5.96. The average Bonchev–Trinajstić information content (AvgIpc) is 2.96. The van der Waals surface area contributed by atoms with Crippen LogP contribution >= 0.6 is 0 Å². The van der Waals surface area contributed by atoms with E-state index in [0.29, 0.717) is 13.0 Å². The van der Waals surface area contributed by atoms with E-state index in [1.165, 1.54) is 6.92 Å². The van der Waals surface area contributed by atoms with Crippen LogP contribution in [0.25, 0.3) is 6.08 Å². The molecular formula is C19H19NO3. The maximum Gasteiger partial charge on any atom is 0.243 e. The molecule has 2 aromatic carbocycles. The van der Waals surface area contributed by atoms with Crippen LogP contribution in [0, 0.1) is 0 Å². The van der Waals surface area contributed by atoms with Crippen molar-refractivity contribution in [3.05, 3.63) is 70.8 Å². The topological polar surface area (TPSA) is 49.8 Å². The van der Waals surface area contributed by atoms with Gasteiger partial charge in [-0.2, -0.15) is 0 Å². The van der Waals surface area contributed by atoms with Gasteiger partial charge in [0.1, 0.15) is 12.4 Å². The van der Waals surface area contributed by atoms with Crippen LogP contribution in [0.4, 0.5) is 0 Å². The lowest BCUT2D eigenvalue weighted by Crippen LogP contribution is -2.26. The van der Waals surface area contributed by atoms with Crippen molar-refractivity contribution < 1.29 is 14.7 Å². The minimum atomic E-state index is -0.359. The zero-order valence-electron chi connectivity index (χ0n) is 13.0. The third kappa shape index (κ3) is 3.60. The van der Waals surface area contributed by atoms with Gasteiger partial charge in [-0.25, -0.2) is 5.06 Å². The molecule has 0 aromatic heterocycles. The van der Waals surface area contributed by atoms with Crippen LogP contribution in [0.5, 0.6) is 5.75 Å². The molecule has 4 nitrogen and oxygen atoms in total. The Balaban J connectivity index is 1.70. The SMILES string of the molecule is CC(=O)N(O)CC1=Cc2cccc(OCc3ccccc3)c2C1. The smallest absolute Gasteiger partial charge is 0.243 e. The molecule has 0 heterocycles. The largest absolute Gasteiger partial charge is 0.489 e. The number of rotatable bonds is 5. The molecule has 0 saturated carbocycles. The Hall–Kier alpha value is -2.59. The maximum atomic E-state index is 11.2. The van der Waals surface area contributed by atoms with Gasteiger partial charge in [0.05, 0.1) is 6.54 Å². The number of ether oxygens (including phenoxy) is 1. The van der Waals surface area contributed by atoms with E-state index in [1.807, 2.05) is 54.6 Å². The van der Waals surface area contributed by atoms with Crippen molar-refractivity contribution in [1.29, 1.82) is 0 Å². The number of fused-ring (bicyclic) bond motifs is 1. The number of carbonyl (C=O) groups excluding carboxylic acids is 1. The van der Waals surface area contributed by atoms with Gasteiger partial charge < -0.3 is 4.74 Å². The van der Waals surface area contributed by atoms with Gasteiger partial charge in [0.2, 0.25) is 5.91 Å². The van der Waals surface area contributed by atoms with Gasteiger partial charge in [0.15, 0.2) is 0 Å². The number of hydrogen-bond donors (Lipinski definition) is 1. The molecule has 0 aliphatic heterocycles. The van der Waals surface area contributed by atoms with E-state index >= 15 is 0 Å². The molecule has 1 N–H and O–H groups in total. The lowest BCUT2D eigenvalue weighted by atomic mass is 10.1. The number of hydrogen-bond acceptors (Lipinski definition) is 3. The molecule has 0 unspecified atom stereocenters. The van der Waals surface area contributed by atoms with Crippen LogP contribution in [0.1, 0.15) is 23.6 Å². The van der Waals surface area contributed by atoms with Crippen molar-refractivity contribution in [3.8, 4) is 5.75 Å². The van der Waals surface area contributed by atoms with Crippen molar-refractivity contribution in [3.63, 3.8) is 0 Å². The van der Waals surface area contributed by atoms with Gasteiger partial charge in [-0.05, 0) is 29.2 Å². The van der Waals surface area contributed by atoms with E-state index in [2.05, 4.69) is 0 Å². The van der Waals surface area contributed by atoms with Gasteiger partial charge in [-0.3, -0.25) is 10.0 Å². The molecule has 118 valence electrons. The van der Waals surface area contributed by atoms with Crippen molar-refractivity contribution in [2.75, 3.05) is 6.54 Å². The third-order valence-electron chi connectivity index (χ3n) is 3.89. The summed E-state index contributed by atoms with van der Waals surface area (Å²) in [4.78, 5) is 11.2. The summed E-state index contributed by atoms with van der Waals surface area (Å²) in [6.07, 6.45) is 2.70. The zero-order valence-corrected chi connectivity index (χ0v) is 13.0. The van der Waals surface area contributed by atoms with Gasteiger partial charge >= 0.3 is 0 Å². The standard InChI is InChI=1S/C19H19NO3/c1-14(21)20(22)12-16-10-17-8-5-9-19(18(17)11-16)23-13-15-6-3-2-4-7-15/h2-10,22H,11-13H2,1H3. The minimum Gasteiger partial charge on any atom is -0.489 e. The molecule has 0 fully saturated rings. The van der Waals surface area contributed by atoms with Gasteiger partial charge in [0.25, 0.3) is 0 Å². The molecule has 0 radical (unpaired) electrons. The van der Waals surface area contributed by atoms with Crippen LogP contribution in [0.2, 0.25) is 0 Å². The van der Waals surface area contributed by atoms with Crippen molar-refractivity contribution in [2.24, 2.45) is 0 Å². The predicted molar refractivity (Wildman–Crippen MR) is 88.1 cm³/mol. The molecule has 0 atom stereocenters. The Morgan fingerprint density at radius 2 is 1.96 bits per heavy atom. The molecule has 1 aliphatic rings. The first-order valence-corrected chi connectivity index (χ1v) is 7.58. The lowest BCUT2D eigenvalue weighted by Gasteiger charge is -2.14. The van der Waals surface area contributed by atoms with Crippen LogP contribution < -0.4 is 4.74 Å². The zero-order chi connectivity index (χ0) is 16.2. The fourth-order valence-corrected chi connectivity index (χ4v) is 2.68.